The van der Waals surface area contributed by atoms with E-state index in [1.807, 2.05) is 0 Å². The Balaban J connectivity index is 2.21. The molecule has 5 nitrogen and oxygen atoms in total. The summed E-state index contributed by atoms with van der Waals surface area (Å²) in [5, 5.41) is 27.0. The van der Waals surface area contributed by atoms with Gasteiger partial charge in [0.05, 0.1) is 18.8 Å². The molecule has 1 aromatic carbocycles. The molecule has 0 saturated heterocycles. The van der Waals surface area contributed by atoms with Gasteiger partial charge in [0.15, 0.2) is 0 Å². The van der Waals surface area contributed by atoms with Crippen LogP contribution in [0.3, 0.4) is 0 Å². The molecular formula is C19H31NO4. The van der Waals surface area contributed by atoms with E-state index in [2.05, 4.69) is 24.3 Å². The van der Waals surface area contributed by atoms with Crippen LogP contribution in [-0.2, 0) is 17.6 Å². The van der Waals surface area contributed by atoms with Gasteiger partial charge in [-0.15, -0.1) is 0 Å². The van der Waals surface area contributed by atoms with Crippen LogP contribution in [0.25, 0.3) is 0 Å². The number of nitrogens with two attached hydrogens (primary N) is 1. The van der Waals surface area contributed by atoms with E-state index in [-0.39, 0.29) is 19.6 Å². The van der Waals surface area contributed by atoms with Gasteiger partial charge in [-0.25, -0.2) is 0 Å². The largest absolute Gasteiger partial charge is 0.481 e. The highest BCUT2D eigenvalue weighted by Crippen LogP contribution is 2.14. The average molecular weight is 337 g/mol. The van der Waals surface area contributed by atoms with Crippen molar-refractivity contribution in [3.63, 3.8) is 0 Å². The maximum Gasteiger partial charge on any atom is 0.303 e. The van der Waals surface area contributed by atoms with Crippen molar-refractivity contribution in [2.75, 3.05) is 13.2 Å². The van der Waals surface area contributed by atoms with Crippen molar-refractivity contribution >= 4 is 5.97 Å². The standard InChI is InChI=1S/C19H31NO4/c20-19(14-21,15-22)13-12-17-10-8-16(9-11-17)6-4-2-1-3-5-7-18(23)24/h8-11,21-22H,1-7,12-15,20H2,(H,23,24). The molecule has 0 aliphatic carbocycles. The second kappa shape index (κ2) is 11.2. The van der Waals surface area contributed by atoms with Crippen LogP contribution in [0.4, 0.5) is 0 Å². The number of aryl methyl sites for hydroxylation is 2. The van der Waals surface area contributed by atoms with E-state index in [1.165, 1.54) is 5.56 Å². The lowest BCUT2D eigenvalue weighted by molar-refractivity contribution is -0.137. The van der Waals surface area contributed by atoms with Gasteiger partial charge in [-0.2, -0.15) is 0 Å². The molecule has 0 heterocycles. The molecule has 1 aromatic rings. The molecule has 136 valence electrons. The summed E-state index contributed by atoms with van der Waals surface area (Å²) in [6.07, 6.45) is 7.70. The summed E-state index contributed by atoms with van der Waals surface area (Å²) in [5.74, 6) is -0.708. The average Bonchev–Trinajstić information content (AvgIpc) is 2.59. The van der Waals surface area contributed by atoms with E-state index in [1.54, 1.807) is 0 Å². The molecule has 0 saturated carbocycles. The molecule has 0 radical (unpaired) electrons. The molecule has 0 atom stereocenters. The van der Waals surface area contributed by atoms with E-state index in [0.29, 0.717) is 6.42 Å². The van der Waals surface area contributed by atoms with E-state index >= 15 is 0 Å². The van der Waals surface area contributed by atoms with Crippen LogP contribution in [0.2, 0.25) is 0 Å². The lowest BCUT2D eigenvalue weighted by Gasteiger charge is -2.24. The fourth-order valence-electron chi connectivity index (χ4n) is 2.61. The summed E-state index contributed by atoms with van der Waals surface area (Å²) in [6, 6.07) is 8.40. The Morgan fingerprint density at radius 3 is 1.92 bits per heavy atom. The van der Waals surface area contributed by atoms with E-state index in [9.17, 15) is 15.0 Å². The zero-order valence-electron chi connectivity index (χ0n) is 14.4. The number of carbonyl (C=O) groups is 1. The first-order valence-corrected chi connectivity index (χ1v) is 8.79. The predicted octanol–water partition coefficient (Wildman–Crippen LogP) is 2.27. The van der Waals surface area contributed by atoms with Crippen LogP contribution in [-0.4, -0.2) is 40.0 Å². The summed E-state index contributed by atoms with van der Waals surface area (Å²) in [5.41, 5.74) is 7.43. The molecule has 0 fully saturated rings. The summed E-state index contributed by atoms with van der Waals surface area (Å²) >= 11 is 0. The van der Waals surface area contributed by atoms with Gasteiger partial charge in [0.1, 0.15) is 0 Å². The number of carboxylic acid groups (broad SMARTS) is 1. The quantitative estimate of drug-likeness (QED) is 0.413. The molecule has 1 rings (SSSR count). The molecule has 24 heavy (non-hydrogen) atoms. The smallest absolute Gasteiger partial charge is 0.303 e. The fraction of sp³-hybridized carbons (Fsp3) is 0.632. The van der Waals surface area contributed by atoms with Crippen molar-refractivity contribution in [1.82, 2.24) is 0 Å². The van der Waals surface area contributed by atoms with Crippen LogP contribution < -0.4 is 5.73 Å². The zero-order valence-corrected chi connectivity index (χ0v) is 14.4. The van der Waals surface area contributed by atoms with Crippen molar-refractivity contribution in [1.29, 1.82) is 0 Å². The van der Waals surface area contributed by atoms with Crippen molar-refractivity contribution in [2.24, 2.45) is 5.73 Å². The highest BCUT2D eigenvalue weighted by atomic mass is 16.4. The summed E-state index contributed by atoms with van der Waals surface area (Å²) in [7, 11) is 0. The molecule has 0 aliphatic heterocycles. The Morgan fingerprint density at radius 2 is 1.38 bits per heavy atom. The number of aliphatic hydroxyl groups is 2. The van der Waals surface area contributed by atoms with E-state index < -0.39 is 11.5 Å². The summed E-state index contributed by atoms with van der Waals surface area (Å²) < 4.78 is 0. The second-order valence-electron chi connectivity index (χ2n) is 6.66. The first-order valence-electron chi connectivity index (χ1n) is 8.79. The maximum absolute atomic E-state index is 10.4. The van der Waals surface area contributed by atoms with Crippen molar-refractivity contribution < 1.29 is 20.1 Å². The lowest BCUT2D eigenvalue weighted by atomic mass is 9.93. The highest BCUT2D eigenvalue weighted by molar-refractivity contribution is 5.66. The van der Waals surface area contributed by atoms with Crippen molar-refractivity contribution in [3.8, 4) is 0 Å². The van der Waals surface area contributed by atoms with E-state index in [0.717, 1.165) is 50.5 Å². The monoisotopic (exact) mass is 337 g/mol. The third-order valence-electron chi connectivity index (χ3n) is 4.42. The molecule has 0 amide bonds. The van der Waals surface area contributed by atoms with Crippen LogP contribution in [0.5, 0.6) is 0 Å². The van der Waals surface area contributed by atoms with Crippen LogP contribution in [0, 0.1) is 0 Å². The van der Waals surface area contributed by atoms with E-state index in [4.69, 9.17) is 10.8 Å². The number of rotatable bonds is 13. The third kappa shape index (κ3) is 8.43. The van der Waals surface area contributed by atoms with Crippen molar-refractivity contribution in [2.45, 2.75) is 63.3 Å². The third-order valence-corrected chi connectivity index (χ3v) is 4.42. The zero-order chi connectivity index (χ0) is 17.8. The maximum atomic E-state index is 10.4. The molecule has 0 bridgehead atoms. The number of hydrogen-bond donors (Lipinski definition) is 4. The minimum atomic E-state index is -0.903. The number of aliphatic carboxylic acids is 1. The summed E-state index contributed by atoms with van der Waals surface area (Å²) in [6.45, 7) is -0.428. The van der Waals surface area contributed by atoms with Crippen LogP contribution >= 0.6 is 0 Å². The number of unbranched alkanes of at least 4 members (excludes halogenated alkanes) is 4. The first-order chi connectivity index (χ1) is 11.5. The van der Waals surface area contributed by atoms with Crippen LogP contribution in [0.1, 0.15) is 56.1 Å². The van der Waals surface area contributed by atoms with Gasteiger partial charge in [-0.05, 0) is 43.2 Å². The van der Waals surface area contributed by atoms with Gasteiger partial charge in [0.2, 0.25) is 0 Å². The summed E-state index contributed by atoms with van der Waals surface area (Å²) in [4.78, 5) is 10.4. The Kier molecular flexibility index (Phi) is 9.60. The van der Waals surface area contributed by atoms with Gasteiger partial charge in [-0.3, -0.25) is 4.79 Å². The Labute approximate surface area is 144 Å². The molecule has 0 aliphatic rings. The Hall–Kier alpha value is -1.43. The minimum absolute atomic E-state index is 0.214. The van der Waals surface area contributed by atoms with Gasteiger partial charge < -0.3 is 21.1 Å². The van der Waals surface area contributed by atoms with Crippen LogP contribution in [0.15, 0.2) is 24.3 Å². The Bertz CT molecular complexity index is 469. The Morgan fingerprint density at radius 1 is 0.875 bits per heavy atom. The molecule has 0 spiro atoms. The number of aliphatic hydroxyl groups excluding tert-OH is 2. The number of benzene rings is 1. The van der Waals surface area contributed by atoms with Gasteiger partial charge in [0, 0.05) is 6.42 Å². The van der Waals surface area contributed by atoms with Gasteiger partial charge in [0.25, 0.3) is 0 Å². The number of hydrogen-bond acceptors (Lipinski definition) is 4. The normalized spacial score (nSPS) is 11.6. The van der Waals surface area contributed by atoms with Crippen molar-refractivity contribution in [3.05, 3.63) is 35.4 Å². The number of carboxylic acids is 1. The fourth-order valence-corrected chi connectivity index (χ4v) is 2.61. The molecular weight excluding hydrogens is 306 g/mol. The lowest BCUT2D eigenvalue weighted by Crippen LogP contribution is -2.47. The highest BCUT2D eigenvalue weighted by Gasteiger charge is 2.22. The van der Waals surface area contributed by atoms with Gasteiger partial charge in [-0.1, -0.05) is 43.5 Å². The molecule has 0 aromatic heterocycles. The molecule has 5 N–H and O–H groups in total. The second-order valence-corrected chi connectivity index (χ2v) is 6.66. The predicted molar refractivity (Wildman–Crippen MR) is 94.9 cm³/mol. The SMILES string of the molecule is NC(CO)(CO)CCc1ccc(CCCCCCCC(=O)O)cc1. The van der Waals surface area contributed by atoms with Gasteiger partial charge >= 0.3 is 5.97 Å². The minimum Gasteiger partial charge on any atom is -0.481 e. The topological polar surface area (TPSA) is 104 Å². The first kappa shape index (κ1) is 20.6. The molecule has 0 unspecified atom stereocenters. The molecule has 5 heteroatoms.